The van der Waals surface area contributed by atoms with Gasteiger partial charge in [-0.1, -0.05) is 32.0 Å². The van der Waals surface area contributed by atoms with Crippen molar-refractivity contribution >= 4 is 0 Å². The molecule has 3 atom stereocenters. The molecule has 3 unspecified atom stereocenters. The first-order valence-corrected chi connectivity index (χ1v) is 8.50. The maximum atomic E-state index is 3.73. The molecule has 2 nitrogen and oxygen atoms in total. The van der Waals surface area contributed by atoms with Gasteiger partial charge in [-0.15, -0.1) is 0 Å². The summed E-state index contributed by atoms with van der Waals surface area (Å²) in [7, 11) is 2.27. The van der Waals surface area contributed by atoms with Crippen LogP contribution in [0.15, 0.2) is 18.2 Å². The Morgan fingerprint density at radius 2 is 2.00 bits per heavy atom. The van der Waals surface area contributed by atoms with E-state index in [1.54, 1.807) is 0 Å². The zero-order chi connectivity index (χ0) is 15.4. The van der Waals surface area contributed by atoms with E-state index in [1.807, 2.05) is 0 Å². The topological polar surface area (TPSA) is 15.3 Å². The van der Waals surface area contributed by atoms with Gasteiger partial charge in [0.1, 0.15) is 0 Å². The van der Waals surface area contributed by atoms with E-state index >= 15 is 0 Å². The predicted molar refractivity (Wildman–Crippen MR) is 91.7 cm³/mol. The van der Waals surface area contributed by atoms with E-state index in [-0.39, 0.29) is 0 Å². The first-order valence-electron chi connectivity index (χ1n) is 8.50. The van der Waals surface area contributed by atoms with E-state index in [1.165, 1.54) is 36.1 Å². The fraction of sp³-hybridized carbons (Fsp3) is 0.684. The van der Waals surface area contributed by atoms with Crippen molar-refractivity contribution in [2.75, 3.05) is 26.7 Å². The number of nitrogens with zero attached hydrogens (tertiary/aromatic N) is 1. The molecular formula is C19H32N2. The minimum absolute atomic E-state index is 0.448. The number of aryl methyl sites for hydroxylation is 2. The molecule has 118 valence electrons. The molecule has 21 heavy (non-hydrogen) atoms. The van der Waals surface area contributed by atoms with Gasteiger partial charge in [-0.25, -0.2) is 0 Å². The van der Waals surface area contributed by atoms with Crippen LogP contribution in [0.5, 0.6) is 0 Å². The van der Waals surface area contributed by atoms with Crippen LogP contribution in [0.4, 0.5) is 0 Å². The van der Waals surface area contributed by atoms with E-state index in [9.17, 15) is 0 Å². The molecule has 2 heteroatoms. The summed E-state index contributed by atoms with van der Waals surface area (Å²) in [6.45, 7) is 12.4. The molecule has 1 aromatic carbocycles. The predicted octanol–water partition coefficient (Wildman–Crippen LogP) is 3.93. The van der Waals surface area contributed by atoms with E-state index in [4.69, 9.17) is 0 Å². The average Bonchev–Trinajstić information content (AvgIpc) is 3.13. The molecule has 1 aliphatic carbocycles. The average molecular weight is 288 g/mol. The monoisotopic (exact) mass is 288 g/mol. The highest BCUT2D eigenvalue weighted by Gasteiger charge is 2.33. The Morgan fingerprint density at radius 3 is 2.57 bits per heavy atom. The van der Waals surface area contributed by atoms with Gasteiger partial charge in [0.25, 0.3) is 0 Å². The van der Waals surface area contributed by atoms with Gasteiger partial charge in [-0.05, 0) is 68.8 Å². The molecule has 0 aromatic heterocycles. The van der Waals surface area contributed by atoms with Crippen LogP contribution in [0, 0.1) is 25.7 Å². The van der Waals surface area contributed by atoms with E-state index in [0.29, 0.717) is 6.04 Å². The first-order chi connectivity index (χ1) is 10.0. The van der Waals surface area contributed by atoms with Gasteiger partial charge in [0.2, 0.25) is 0 Å². The lowest BCUT2D eigenvalue weighted by Gasteiger charge is -2.26. The van der Waals surface area contributed by atoms with Crippen LogP contribution in [0.25, 0.3) is 0 Å². The second kappa shape index (κ2) is 7.42. The van der Waals surface area contributed by atoms with Gasteiger partial charge in [0.15, 0.2) is 0 Å². The lowest BCUT2D eigenvalue weighted by atomic mass is 10.0. The minimum atomic E-state index is 0.448. The number of hydrogen-bond acceptors (Lipinski definition) is 2. The normalized spacial score (nSPS) is 22.6. The van der Waals surface area contributed by atoms with Gasteiger partial charge < -0.3 is 10.2 Å². The maximum Gasteiger partial charge on any atom is 0.0449 e. The molecule has 0 spiro atoms. The zero-order valence-electron chi connectivity index (χ0n) is 14.4. The van der Waals surface area contributed by atoms with Crippen LogP contribution in [0.1, 0.15) is 49.4 Å². The smallest absolute Gasteiger partial charge is 0.0449 e. The molecule has 0 heterocycles. The highest BCUT2D eigenvalue weighted by atomic mass is 15.1. The molecule has 1 aliphatic rings. The van der Waals surface area contributed by atoms with Gasteiger partial charge in [-0.2, -0.15) is 0 Å². The van der Waals surface area contributed by atoms with Crippen molar-refractivity contribution in [3.63, 3.8) is 0 Å². The van der Waals surface area contributed by atoms with E-state index < -0.39 is 0 Å². The molecule has 0 bridgehead atoms. The van der Waals surface area contributed by atoms with E-state index in [2.05, 4.69) is 63.2 Å². The highest BCUT2D eigenvalue weighted by Crippen LogP contribution is 2.38. The van der Waals surface area contributed by atoms with Crippen molar-refractivity contribution in [1.82, 2.24) is 10.2 Å². The van der Waals surface area contributed by atoms with Gasteiger partial charge in [-0.3, -0.25) is 0 Å². The lowest BCUT2D eigenvalue weighted by Crippen LogP contribution is -2.34. The molecule has 2 rings (SSSR count). The highest BCUT2D eigenvalue weighted by molar-refractivity contribution is 5.32. The molecule has 0 saturated heterocycles. The fourth-order valence-corrected chi connectivity index (χ4v) is 3.03. The van der Waals surface area contributed by atoms with Crippen molar-refractivity contribution in [3.05, 3.63) is 34.9 Å². The van der Waals surface area contributed by atoms with Gasteiger partial charge >= 0.3 is 0 Å². The van der Waals surface area contributed by atoms with Gasteiger partial charge in [0, 0.05) is 19.1 Å². The molecular weight excluding hydrogens is 256 g/mol. The van der Waals surface area contributed by atoms with Crippen molar-refractivity contribution in [1.29, 1.82) is 0 Å². The van der Waals surface area contributed by atoms with Crippen molar-refractivity contribution in [2.24, 2.45) is 11.8 Å². The molecule has 0 radical (unpaired) electrons. The van der Waals surface area contributed by atoms with Crippen LogP contribution in [-0.4, -0.2) is 31.6 Å². The van der Waals surface area contributed by atoms with E-state index in [0.717, 1.165) is 24.9 Å². The fourth-order valence-electron chi connectivity index (χ4n) is 3.03. The second-order valence-corrected chi connectivity index (χ2v) is 7.04. The summed E-state index contributed by atoms with van der Waals surface area (Å²) in [5.41, 5.74) is 4.21. The van der Waals surface area contributed by atoms with Crippen LogP contribution in [0.3, 0.4) is 0 Å². The number of hydrogen-bond donors (Lipinski definition) is 1. The quantitative estimate of drug-likeness (QED) is 0.779. The summed E-state index contributed by atoms with van der Waals surface area (Å²) in [5.74, 6) is 1.87. The number of likely N-dealkylation sites (N-methyl/N-ethyl adjacent to an activating group) is 1. The summed E-state index contributed by atoms with van der Waals surface area (Å²) in [6.07, 6.45) is 2.60. The van der Waals surface area contributed by atoms with Crippen LogP contribution < -0.4 is 5.32 Å². The van der Waals surface area contributed by atoms with Gasteiger partial charge in [0.05, 0.1) is 0 Å². The molecule has 1 saturated carbocycles. The van der Waals surface area contributed by atoms with Crippen LogP contribution in [0.2, 0.25) is 0 Å². The molecule has 1 N–H and O–H groups in total. The number of nitrogens with one attached hydrogen (secondary N) is 1. The van der Waals surface area contributed by atoms with Crippen LogP contribution >= 0.6 is 0 Å². The van der Waals surface area contributed by atoms with Crippen molar-refractivity contribution < 1.29 is 0 Å². The Balaban J connectivity index is 2.00. The molecule has 1 fully saturated rings. The zero-order valence-corrected chi connectivity index (χ0v) is 14.4. The SMILES string of the molecule is CCCNC(CN(C)CC1CC1C)c1ccc(C)c(C)c1. The minimum Gasteiger partial charge on any atom is -0.309 e. The lowest BCUT2D eigenvalue weighted by molar-refractivity contribution is 0.276. The Kier molecular flexibility index (Phi) is 5.83. The maximum absolute atomic E-state index is 3.73. The van der Waals surface area contributed by atoms with Crippen molar-refractivity contribution in [3.8, 4) is 0 Å². The standard InChI is InChI=1S/C19H32N2/c1-6-9-20-19(13-21(5)12-18-11-16(18)4)17-8-7-14(2)15(3)10-17/h7-8,10,16,18-20H,6,9,11-13H2,1-5H3. The Hall–Kier alpha value is -0.860. The third-order valence-corrected chi connectivity index (χ3v) is 4.89. The first kappa shape index (κ1) is 16.5. The summed E-state index contributed by atoms with van der Waals surface area (Å²) in [5, 5.41) is 3.73. The molecule has 1 aromatic rings. The summed E-state index contributed by atoms with van der Waals surface area (Å²) >= 11 is 0. The largest absolute Gasteiger partial charge is 0.309 e. The summed E-state index contributed by atoms with van der Waals surface area (Å²) < 4.78 is 0. The molecule has 0 amide bonds. The number of rotatable bonds is 8. The second-order valence-electron chi connectivity index (χ2n) is 7.04. The summed E-state index contributed by atoms with van der Waals surface area (Å²) in [6, 6.07) is 7.36. The third kappa shape index (κ3) is 4.82. The Morgan fingerprint density at radius 1 is 1.29 bits per heavy atom. The van der Waals surface area contributed by atoms with Crippen molar-refractivity contribution in [2.45, 2.75) is 46.6 Å². The Labute approximate surface area is 130 Å². The Bertz CT molecular complexity index is 455. The van der Waals surface area contributed by atoms with Crippen LogP contribution in [-0.2, 0) is 0 Å². The number of benzene rings is 1. The third-order valence-electron chi connectivity index (χ3n) is 4.89. The summed E-state index contributed by atoms with van der Waals surface area (Å²) in [4.78, 5) is 2.51. The molecule has 0 aliphatic heterocycles.